The van der Waals surface area contributed by atoms with Gasteiger partial charge in [0.05, 0.1) is 6.61 Å². The predicted octanol–water partition coefficient (Wildman–Crippen LogP) is 6.33. The maximum atomic E-state index is 12.7. The van der Waals surface area contributed by atoms with Crippen LogP contribution in [0.15, 0.2) is 42.5 Å². The Hall–Kier alpha value is -2.57. The third kappa shape index (κ3) is 6.02. The molecule has 0 saturated heterocycles. The molecule has 32 heavy (non-hydrogen) atoms. The van der Waals surface area contributed by atoms with Crippen LogP contribution in [0.25, 0.3) is 10.9 Å². The molecule has 0 aliphatic carbocycles. The summed E-state index contributed by atoms with van der Waals surface area (Å²) in [7, 11) is -1.19. The highest BCUT2D eigenvalue weighted by Crippen LogP contribution is 2.28. The fraction of sp³-hybridized carbons (Fsp3) is 0.360. The first-order chi connectivity index (χ1) is 15.1. The van der Waals surface area contributed by atoms with Gasteiger partial charge in [0.1, 0.15) is 11.4 Å². The minimum absolute atomic E-state index is 0.293. The quantitative estimate of drug-likeness (QED) is 0.219. The Balaban J connectivity index is 2.00. The number of hydrogen-bond donors (Lipinski definition) is 0. The lowest BCUT2D eigenvalue weighted by atomic mass is 10.1. The molecule has 0 bridgehead atoms. The molecule has 0 spiro atoms. The highest BCUT2D eigenvalue weighted by atomic mass is 35.5. The maximum absolute atomic E-state index is 12.7. The van der Waals surface area contributed by atoms with Gasteiger partial charge in [0.25, 0.3) is 0 Å². The predicted molar refractivity (Wildman–Crippen MR) is 132 cm³/mol. The number of aromatic nitrogens is 1. The van der Waals surface area contributed by atoms with Crippen LogP contribution in [0.4, 0.5) is 0 Å². The van der Waals surface area contributed by atoms with Gasteiger partial charge in [-0.15, -0.1) is 0 Å². The van der Waals surface area contributed by atoms with E-state index in [-0.39, 0.29) is 11.9 Å². The number of nitrogens with zero attached hydrogens (tertiary/aromatic N) is 1. The van der Waals surface area contributed by atoms with E-state index in [1.165, 1.54) is 6.92 Å². The molecule has 0 aliphatic rings. The third-order valence-electron chi connectivity index (χ3n) is 5.21. The van der Waals surface area contributed by atoms with Crippen LogP contribution >= 0.6 is 11.6 Å². The normalized spacial score (nSPS) is 11.6. The SMILES string of the molecule is CCOC(=O)c1cc2cc(OC(C)=O)ccc2n1Cc1ccc(Cl)c(CC[Si](C)(C)C)c1. The van der Waals surface area contributed by atoms with Crippen molar-refractivity contribution in [3.63, 3.8) is 0 Å². The summed E-state index contributed by atoms with van der Waals surface area (Å²) in [5.41, 5.74) is 3.52. The van der Waals surface area contributed by atoms with E-state index in [0.717, 1.165) is 39.5 Å². The molecule has 170 valence electrons. The summed E-state index contributed by atoms with van der Waals surface area (Å²) in [6.07, 6.45) is 0.950. The van der Waals surface area contributed by atoms with Gasteiger partial charge >= 0.3 is 11.9 Å². The van der Waals surface area contributed by atoms with Crippen LogP contribution in [0.3, 0.4) is 0 Å². The summed E-state index contributed by atoms with van der Waals surface area (Å²) < 4.78 is 12.4. The Kier molecular flexibility index (Phi) is 7.46. The molecular weight excluding hydrogens is 442 g/mol. The Morgan fingerprint density at radius 1 is 1.06 bits per heavy atom. The van der Waals surface area contributed by atoms with E-state index in [0.29, 0.717) is 24.6 Å². The fourth-order valence-electron chi connectivity index (χ4n) is 3.63. The van der Waals surface area contributed by atoms with Crippen LogP contribution in [0, 0.1) is 0 Å². The fourth-order valence-corrected chi connectivity index (χ4v) is 4.86. The highest BCUT2D eigenvalue weighted by molar-refractivity contribution is 6.76. The Bertz CT molecular complexity index is 1150. The molecule has 3 aromatic rings. The van der Waals surface area contributed by atoms with Crippen LogP contribution in [-0.4, -0.2) is 31.2 Å². The second-order valence-electron chi connectivity index (χ2n) is 9.14. The number of carbonyl (C=O) groups excluding carboxylic acids is 2. The molecule has 0 saturated carbocycles. The number of rotatable bonds is 8. The number of aryl methyl sites for hydroxylation is 1. The lowest BCUT2D eigenvalue weighted by Gasteiger charge is -2.17. The molecular formula is C25H30ClNO4Si. The van der Waals surface area contributed by atoms with E-state index in [2.05, 4.69) is 25.7 Å². The maximum Gasteiger partial charge on any atom is 0.354 e. The lowest BCUT2D eigenvalue weighted by molar-refractivity contribution is -0.131. The monoisotopic (exact) mass is 471 g/mol. The van der Waals surface area contributed by atoms with E-state index >= 15 is 0 Å². The molecule has 0 N–H and O–H groups in total. The van der Waals surface area contributed by atoms with Gasteiger partial charge in [-0.2, -0.15) is 0 Å². The van der Waals surface area contributed by atoms with Crippen molar-refractivity contribution in [1.29, 1.82) is 0 Å². The summed E-state index contributed by atoms with van der Waals surface area (Å²) in [4.78, 5) is 24.0. The van der Waals surface area contributed by atoms with Crippen molar-refractivity contribution in [2.24, 2.45) is 0 Å². The topological polar surface area (TPSA) is 57.5 Å². The largest absolute Gasteiger partial charge is 0.461 e. The molecule has 2 aromatic carbocycles. The molecule has 0 atom stereocenters. The van der Waals surface area contributed by atoms with Gasteiger partial charge in [-0.25, -0.2) is 4.79 Å². The molecule has 3 rings (SSSR count). The number of esters is 2. The average molecular weight is 472 g/mol. The number of ether oxygens (including phenoxy) is 2. The zero-order valence-electron chi connectivity index (χ0n) is 19.3. The minimum atomic E-state index is -1.19. The molecule has 0 fully saturated rings. The first kappa shape index (κ1) is 24.1. The molecule has 0 unspecified atom stereocenters. The minimum Gasteiger partial charge on any atom is -0.461 e. The Morgan fingerprint density at radius 2 is 1.81 bits per heavy atom. The number of benzene rings is 2. The molecule has 1 aromatic heterocycles. The van der Waals surface area contributed by atoms with E-state index in [1.54, 1.807) is 25.1 Å². The highest BCUT2D eigenvalue weighted by Gasteiger charge is 2.19. The van der Waals surface area contributed by atoms with Gasteiger partial charge in [0.15, 0.2) is 0 Å². The Morgan fingerprint density at radius 3 is 2.47 bits per heavy atom. The number of carbonyl (C=O) groups is 2. The van der Waals surface area contributed by atoms with E-state index in [9.17, 15) is 9.59 Å². The zero-order valence-corrected chi connectivity index (χ0v) is 21.1. The van der Waals surface area contributed by atoms with Crippen molar-refractivity contribution in [3.8, 4) is 5.75 Å². The van der Waals surface area contributed by atoms with Crippen molar-refractivity contribution >= 4 is 42.5 Å². The van der Waals surface area contributed by atoms with E-state index < -0.39 is 8.07 Å². The zero-order chi connectivity index (χ0) is 23.5. The van der Waals surface area contributed by atoms with Gasteiger partial charge in [0.2, 0.25) is 0 Å². The van der Waals surface area contributed by atoms with Gasteiger partial charge in [-0.3, -0.25) is 4.79 Å². The smallest absolute Gasteiger partial charge is 0.354 e. The molecule has 0 amide bonds. The molecule has 0 aliphatic heterocycles. The van der Waals surface area contributed by atoms with Gasteiger partial charge in [-0.1, -0.05) is 49.4 Å². The van der Waals surface area contributed by atoms with Crippen molar-refractivity contribution in [2.45, 2.75) is 52.5 Å². The first-order valence-corrected chi connectivity index (χ1v) is 14.9. The van der Waals surface area contributed by atoms with Crippen LogP contribution in [0.5, 0.6) is 5.75 Å². The van der Waals surface area contributed by atoms with Crippen molar-refractivity contribution in [3.05, 3.63) is 64.3 Å². The van der Waals surface area contributed by atoms with Gasteiger partial charge < -0.3 is 14.0 Å². The standard InChI is InChI=1S/C25H30ClNO4Si/c1-6-30-25(29)24-15-20-14-21(31-17(2)28)8-10-23(20)27(24)16-18-7-9-22(26)19(13-18)11-12-32(3,4)5/h7-10,13-15H,6,11-12,16H2,1-5H3. The van der Waals surface area contributed by atoms with Gasteiger partial charge in [-0.05, 0) is 54.8 Å². The van der Waals surface area contributed by atoms with E-state index in [1.807, 2.05) is 22.8 Å². The van der Waals surface area contributed by atoms with Crippen LogP contribution in [0.2, 0.25) is 30.7 Å². The summed E-state index contributed by atoms with van der Waals surface area (Å²) in [5.74, 6) is -0.329. The van der Waals surface area contributed by atoms with Crippen molar-refractivity contribution in [2.75, 3.05) is 6.61 Å². The second kappa shape index (κ2) is 9.92. The Labute approximate surface area is 195 Å². The molecule has 5 nitrogen and oxygen atoms in total. The molecule has 7 heteroatoms. The molecule has 1 heterocycles. The van der Waals surface area contributed by atoms with Crippen molar-refractivity contribution < 1.29 is 19.1 Å². The van der Waals surface area contributed by atoms with Crippen LogP contribution < -0.4 is 4.74 Å². The second-order valence-corrected chi connectivity index (χ2v) is 15.2. The summed E-state index contributed by atoms with van der Waals surface area (Å²) in [5, 5.41) is 1.58. The molecule has 0 radical (unpaired) electrons. The van der Waals surface area contributed by atoms with Crippen molar-refractivity contribution in [1.82, 2.24) is 4.57 Å². The van der Waals surface area contributed by atoms with Crippen LogP contribution in [-0.2, 0) is 22.5 Å². The van der Waals surface area contributed by atoms with Crippen LogP contribution in [0.1, 0.15) is 35.5 Å². The summed E-state index contributed by atoms with van der Waals surface area (Å²) >= 11 is 6.48. The number of fused-ring (bicyclic) bond motifs is 1. The number of halogens is 1. The third-order valence-corrected chi connectivity index (χ3v) is 7.33. The summed E-state index contributed by atoms with van der Waals surface area (Å²) in [6, 6.07) is 14.4. The average Bonchev–Trinajstić information content (AvgIpc) is 3.05. The van der Waals surface area contributed by atoms with E-state index in [4.69, 9.17) is 21.1 Å². The summed E-state index contributed by atoms with van der Waals surface area (Å²) in [6.45, 7) is 11.0. The number of hydrogen-bond acceptors (Lipinski definition) is 4. The van der Waals surface area contributed by atoms with Gasteiger partial charge in [0, 0.05) is 37.5 Å². The first-order valence-electron chi connectivity index (χ1n) is 10.8. The lowest BCUT2D eigenvalue weighted by Crippen LogP contribution is -2.20.